The Morgan fingerprint density at radius 3 is 2.86 bits per heavy atom. The zero-order chi connectivity index (χ0) is 10.7. The molecule has 0 aliphatic rings. The molecule has 0 aliphatic heterocycles. The first-order valence-electron chi connectivity index (χ1n) is 4.48. The van der Waals surface area contributed by atoms with Crippen LogP contribution in [0.3, 0.4) is 0 Å². The SMILES string of the molecule is Cc1cc(SCC(C)C(=N)N)n(C)n1. The molecule has 1 aromatic rings. The second-order valence-electron chi connectivity index (χ2n) is 3.41. The molecule has 0 amide bonds. The molecule has 0 saturated carbocycles. The van der Waals surface area contributed by atoms with Gasteiger partial charge in [0.1, 0.15) is 0 Å². The van der Waals surface area contributed by atoms with E-state index in [2.05, 4.69) is 5.10 Å². The summed E-state index contributed by atoms with van der Waals surface area (Å²) in [5.74, 6) is 1.19. The Morgan fingerprint density at radius 1 is 1.79 bits per heavy atom. The van der Waals surface area contributed by atoms with E-state index in [4.69, 9.17) is 11.1 Å². The Morgan fingerprint density at radius 2 is 2.43 bits per heavy atom. The summed E-state index contributed by atoms with van der Waals surface area (Å²) in [6.45, 7) is 3.93. The number of amidine groups is 1. The fraction of sp³-hybridized carbons (Fsp3) is 0.556. The highest BCUT2D eigenvalue weighted by Gasteiger charge is 2.08. The van der Waals surface area contributed by atoms with Gasteiger partial charge in [0.05, 0.1) is 16.6 Å². The molecule has 0 bridgehead atoms. The molecule has 1 rings (SSSR count). The van der Waals surface area contributed by atoms with Crippen LogP contribution in [-0.2, 0) is 7.05 Å². The van der Waals surface area contributed by atoms with Crippen LogP contribution in [0.5, 0.6) is 0 Å². The lowest BCUT2D eigenvalue weighted by Gasteiger charge is -2.08. The van der Waals surface area contributed by atoms with E-state index in [0.29, 0.717) is 0 Å². The summed E-state index contributed by atoms with van der Waals surface area (Å²) in [5.41, 5.74) is 6.41. The smallest absolute Gasteiger partial charge is 0.0942 e. The molecule has 0 aliphatic carbocycles. The van der Waals surface area contributed by atoms with Gasteiger partial charge in [0.25, 0.3) is 0 Å². The third kappa shape index (κ3) is 2.77. The van der Waals surface area contributed by atoms with Crippen molar-refractivity contribution in [1.29, 1.82) is 5.41 Å². The van der Waals surface area contributed by atoms with Crippen molar-refractivity contribution in [3.05, 3.63) is 11.8 Å². The fourth-order valence-corrected chi connectivity index (χ4v) is 2.10. The van der Waals surface area contributed by atoms with Gasteiger partial charge in [-0.25, -0.2) is 0 Å². The number of nitrogens with one attached hydrogen (secondary N) is 1. The molecule has 0 aromatic carbocycles. The Labute approximate surface area is 88.4 Å². The molecule has 0 spiro atoms. The quantitative estimate of drug-likeness (QED) is 0.450. The maximum Gasteiger partial charge on any atom is 0.0942 e. The van der Waals surface area contributed by atoms with Crippen LogP contribution in [0.15, 0.2) is 11.1 Å². The van der Waals surface area contributed by atoms with E-state index in [1.807, 2.05) is 31.6 Å². The van der Waals surface area contributed by atoms with E-state index in [9.17, 15) is 0 Å². The molecule has 14 heavy (non-hydrogen) atoms. The zero-order valence-electron chi connectivity index (χ0n) is 8.74. The number of rotatable bonds is 4. The predicted octanol–water partition coefficient (Wildman–Crippen LogP) is 1.39. The monoisotopic (exact) mass is 212 g/mol. The standard InChI is InChI=1S/C9H16N4S/c1-6(9(10)11)5-14-8-4-7(2)12-13(8)3/h4,6H,5H2,1-3H3,(H3,10,11). The molecule has 1 atom stereocenters. The lowest BCUT2D eigenvalue weighted by Crippen LogP contribution is -2.21. The molecular weight excluding hydrogens is 196 g/mol. The fourth-order valence-electron chi connectivity index (χ4n) is 1.02. The maximum atomic E-state index is 7.27. The van der Waals surface area contributed by atoms with Crippen molar-refractivity contribution >= 4 is 17.6 Å². The largest absolute Gasteiger partial charge is 0.387 e. The van der Waals surface area contributed by atoms with Gasteiger partial charge in [-0.15, -0.1) is 11.8 Å². The maximum absolute atomic E-state index is 7.27. The molecule has 5 heteroatoms. The number of aryl methyl sites for hydroxylation is 2. The van der Waals surface area contributed by atoms with Crippen LogP contribution >= 0.6 is 11.8 Å². The molecular formula is C9H16N4S. The Kier molecular flexibility index (Phi) is 3.57. The summed E-state index contributed by atoms with van der Waals surface area (Å²) in [4.78, 5) is 0. The lowest BCUT2D eigenvalue weighted by molar-refractivity contribution is 0.691. The summed E-state index contributed by atoms with van der Waals surface area (Å²) in [6, 6.07) is 2.04. The average Bonchev–Trinajstić information content (AvgIpc) is 2.40. The molecule has 1 unspecified atom stereocenters. The first kappa shape index (κ1) is 11.1. The van der Waals surface area contributed by atoms with E-state index >= 15 is 0 Å². The van der Waals surface area contributed by atoms with E-state index < -0.39 is 0 Å². The number of nitrogens with zero attached hydrogens (tertiary/aromatic N) is 2. The Balaban J connectivity index is 2.53. The van der Waals surface area contributed by atoms with Gasteiger partial charge in [-0.1, -0.05) is 6.92 Å². The highest BCUT2D eigenvalue weighted by Crippen LogP contribution is 2.20. The van der Waals surface area contributed by atoms with E-state index in [1.165, 1.54) is 0 Å². The Hall–Kier alpha value is -0.970. The van der Waals surface area contributed by atoms with Gasteiger partial charge in [-0.05, 0) is 13.0 Å². The second kappa shape index (κ2) is 4.50. The first-order valence-corrected chi connectivity index (χ1v) is 5.46. The van der Waals surface area contributed by atoms with Gasteiger partial charge in [0.15, 0.2) is 0 Å². The van der Waals surface area contributed by atoms with Crippen molar-refractivity contribution < 1.29 is 0 Å². The molecule has 4 nitrogen and oxygen atoms in total. The highest BCUT2D eigenvalue weighted by atomic mass is 32.2. The van der Waals surface area contributed by atoms with Crippen LogP contribution in [0, 0.1) is 18.3 Å². The van der Waals surface area contributed by atoms with E-state index in [1.54, 1.807) is 11.8 Å². The summed E-state index contributed by atoms with van der Waals surface area (Å²) < 4.78 is 1.85. The summed E-state index contributed by atoms with van der Waals surface area (Å²) >= 11 is 1.68. The summed E-state index contributed by atoms with van der Waals surface area (Å²) in [5, 5.41) is 12.6. The molecule has 3 N–H and O–H groups in total. The molecule has 78 valence electrons. The van der Waals surface area contributed by atoms with Crippen LogP contribution in [-0.4, -0.2) is 21.4 Å². The first-order chi connectivity index (χ1) is 6.50. The predicted molar refractivity (Wildman–Crippen MR) is 59.7 cm³/mol. The summed E-state index contributed by atoms with van der Waals surface area (Å²) in [6.07, 6.45) is 0. The van der Waals surface area contributed by atoms with Gasteiger partial charge < -0.3 is 5.73 Å². The van der Waals surface area contributed by atoms with Gasteiger partial charge in [0.2, 0.25) is 0 Å². The van der Waals surface area contributed by atoms with Crippen LogP contribution < -0.4 is 5.73 Å². The van der Waals surface area contributed by atoms with Crippen LogP contribution in [0.4, 0.5) is 0 Å². The third-order valence-corrected chi connectivity index (χ3v) is 3.32. The highest BCUT2D eigenvalue weighted by molar-refractivity contribution is 7.99. The minimum absolute atomic E-state index is 0.121. The topological polar surface area (TPSA) is 67.7 Å². The van der Waals surface area contributed by atoms with E-state index in [-0.39, 0.29) is 11.8 Å². The van der Waals surface area contributed by atoms with Crippen molar-refractivity contribution in [2.75, 3.05) is 5.75 Å². The van der Waals surface area contributed by atoms with E-state index in [0.717, 1.165) is 16.5 Å². The minimum atomic E-state index is 0.121. The van der Waals surface area contributed by atoms with Gasteiger partial charge in [-0.3, -0.25) is 10.1 Å². The molecule has 1 aromatic heterocycles. The van der Waals surface area contributed by atoms with Crippen LogP contribution in [0.25, 0.3) is 0 Å². The minimum Gasteiger partial charge on any atom is -0.387 e. The van der Waals surface area contributed by atoms with Gasteiger partial charge in [-0.2, -0.15) is 5.10 Å². The number of hydrogen-bond acceptors (Lipinski definition) is 3. The number of hydrogen-bond donors (Lipinski definition) is 2. The number of thioether (sulfide) groups is 1. The molecule has 1 heterocycles. The lowest BCUT2D eigenvalue weighted by atomic mass is 10.2. The van der Waals surface area contributed by atoms with Crippen molar-refractivity contribution in [2.24, 2.45) is 18.7 Å². The molecule has 0 radical (unpaired) electrons. The van der Waals surface area contributed by atoms with Crippen molar-refractivity contribution in [3.8, 4) is 0 Å². The second-order valence-corrected chi connectivity index (χ2v) is 4.46. The number of aromatic nitrogens is 2. The van der Waals surface area contributed by atoms with Crippen molar-refractivity contribution in [1.82, 2.24) is 9.78 Å². The summed E-state index contributed by atoms with van der Waals surface area (Å²) in [7, 11) is 1.92. The Bertz CT molecular complexity index is 332. The molecule has 0 fully saturated rings. The molecule has 0 saturated heterocycles. The average molecular weight is 212 g/mol. The van der Waals surface area contributed by atoms with Gasteiger partial charge in [0, 0.05) is 18.7 Å². The van der Waals surface area contributed by atoms with Crippen LogP contribution in [0.1, 0.15) is 12.6 Å². The van der Waals surface area contributed by atoms with Crippen LogP contribution in [0.2, 0.25) is 0 Å². The van der Waals surface area contributed by atoms with Crippen molar-refractivity contribution in [3.63, 3.8) is 0 Å². The number of nitrogens with two attached hydrogens (primary N) is 1. The third-order valence-electron chi connectivity index (χ3n) is 1.97. The normalized spacial score (nSPS) is 12.8. The van der Waals surface area contributed by atoms with Gasteiger partial charge >= 0.3 is 0 Å². The zero-order valence-corrected chi connectivity index (χ0v) is 9.56. The van der Waals surface area contributed by atoms with Crippen molar-refractivity contribution in [2.45, 2.75) is 18.9 Å².